The van der Waals surface area contributed by atoms with Gasteiger partial charge in [-0.2, -0.15) is 0 Å². The van der Waals surface area contributed by atoms with E-state index in [2.05, 4.69) is 19.4 Å². The molecule has 1 radical (unpaired) electrons. The van der Waals surface area contributed by atoms with E-state index >= 15 is 0 Å². The first-order chi connectivity index (χ1) is 9.20. The maximum Gasteiger partial charge on any atom is 0.326 e. The van der Waals surface area contributed by atoms with Crippen LogP contribution < -0.4 is 0 Å². The predicted molar refractivity (Wildman–Crippen MR) is 69.8 cm³/mol. The van der Waals surface area contributed by atoms with Crippen molar-refractivity contribution in [3.05, 3.63) is 0 Å². The molecule has 0 amide bonds. The molecule has 0 fully saturated rings. The van der Waals surface area contributed by atoms with E-state index in [1.54, 1.807) is 0 Å². The van der Waals surface area contributed by atoms with E-state index in [0.29, 0.717) is 10.5 Å². The Bertz CT molecular complexity index is 323. The summed E-state index contributed by atoms with van der Waals surface area (Å²) in [6.07, 6.45) is 0. The second-order valence-electron chi connectivity index (χ2n) is 3.44. The summed E-state index contributed by atoms with van der Waals surface area (Å²) >= 11 is 0. The molecule has 0 saturated carbocycles. The molecule has 0 heterocycles. The van der Waals surface area contributed by atoms with Gasteiger partial charge in [0, 0.05) is 89.5 Å². The largest absolute Gasteiger partial charge is 0.412 e. The van der Waals surface area contributed by atoms with Gasteiger partial charge >= 0.3 is 23.9 Å². The Morgan fingerprint density at radius 1 is 0.636 bits per heavy atom. The molecular formula is C10H18KN2O9. The van der Waals surface area contributed by atoms with Crippen LogP contribution in [0.4, 0.5) is 0 Å². The number of hydrogen-bond acceptors (Lipinski definition) is 10. The van der Waals surface area contributed by atoms with Gasteiger partial charge in [0.05, 0.1) is 13.1 Å². The average Bonchev–Trinajstić information content (AvgIpc) is 2.22. The molecule has 0 aromatic heterocycles. The van der Waals surface area contributed by atoms with Gasteiger partial charge in [-0.05, 0) is 0 Å². The van der Waals surface area contributed by atoms with Crippen molar-refractivity contribution in [2.75, 3.05) is 13.1 Å². The summed E-state index contributed by atoms with van der Waals surface area (Å²) in [5.74, 6) is -2.90. The van der Waals surface area contributed by atoms with Crippen LogP contribution in [0.3, 0.4) is 0 Å². The van der Waals surface area contributed by atoms with Crippen LogP contribution in [0.1, 0.15) is 27.7 Å². The third-order valence-electron chi connectivity index (χ3n) is 1.39. The van der Waals surface area contributed by atoms with Gasteiger partial charge in [0.25, 0.3) is 0 Å². The summed E-state index contributed by atoms with van der Waals surface area (Å²) in [7, 11) is 0. The van der Waals surface area contributed by atoms with Crippen molar-refractivity contribution in [1.29, 1.82) is 0 Å². The third kappa shape index (κ3) is 15.8. The standard InChI is InChI=1S/C10H16N2O8.K.H2O/c1-7(13)17-11(18-8(2)14)5-6-12(19-9(3)15)20-10(4)16;;/h5-6H2,1-4H3;;1H2. The molecule has 0 aliphatic heterocycles. The summed E-state index contributed by atoms with van der Waals surface area (Å²) < 4.78 is 0. The third-order valence-corrected chi connectivity index (χ3v) is 1.39. The van der Waals surface area contributed by atoms with Gasteiger partial charge in [0.2, 0.25) is 0 Å². The number of carbonyl (C=O) groups is 4. The van der Waals surface area contributed by atoms with Gasteiger partial charge in [-0.25, -0.2) is 0 Å². The molecule has 0 rings (SSSR count). The fraction of sp³-hybridized carbons (Fsp3) is 0.600. The van der Waals surface area contributed by atoms with Crippen molar-refractivity contribution in [3.63, 3.8) is 0 Å². The zero-order valence-corrected chi connectivity index (χ0v) is 16.2. The van der Waals surface area contributed by atoms with E-state index in [1.165, 1.54) is 0 Å². The molecule has 0 aliphatic carbocycles. The Morgan fingerprint density at radius 3 is 0.955 bits per heavy atom. The van der Waals surface area contributed by atoms with Crippen LogP contribution >= 0.6 is 0 Å². The minimum absolute atomic E-state index is 0. The van der Waals surface area contributed by atoms with Crippen LogP contribution in [0.15, 0.2) is 0 Å². The first-order valence-electron chi connectivity index (χ1n) is 5.50. The molecule has 0 saturated heterocycles. The Balaban J connectivity index is -0.00000180. The SMILES string of the molecule is CC(=O)ON(CCN(OC(C)=O)OC(C)=O)OC(C)=O.O.[K]. The van der Waals surface area contributed by atoms with Crippen LogP contribution in [0.5, 0.6) is 0 Å². The van der Waals surface area contributed by atoms with Crippen LogP contribution in [0.2, 0.25) is 0 Å². The Morgan fingerprint density at radius 2 is 0.818 bits per heavy atom. The van der Waals surface area contributed by atoms with Crippen LogP contribution in [0.25, 0.3) is 0 Å². The second kappa shape index (κ2) is 14.0. The molecule has 12 heteroatoms. The van der Waals surface area contributed by atoms with Crippen molar-refractivity contribution >= 4 is 75.3 Å². The normalized spacial score (nSPS) is 9.18. The molecule has 0 unspecified atom stereocenters. The van der Waals surface area contributed by atoms with Crippen LogP contribution in [0, 0.1) is 0 Å². The monoisotopic (exact) mass is 349 g/mol. The summed E-state index contributed by atoms with van der Waals surface area (Å²) in [6, 6.07) is 0. The van der Waals surface area contributed by atoms with Crippen molar-refractivity contribution in [2.24, 2.45) is 0 Å². The van der Waals surface area contributed by atoms with E-state index in [1.807, 2.05) is 0 Å². The minimum Gasteiger partial charge on any atom is -0.412 e. The first-order valence-corrected chi connectivity index (χ1v) is 5.50. The van der Waals surface area contributed by atoms with E-state index < -0.39 is 23.9 Å². The van der Waals surface area contributed by atoms with Crippen molar-refractivity contribution < 1.29 is 44.0 Å². The molecule has 0 spiro atoms. The summed E-state index contributed by atoms with van der Waals surface area (Å²) in [5, 5.41) is 1.15. The summed E-state index contributed by atoms with van der Waals surface area (Å²) in [5.41, 5.74) is 0. The van der Waals surface area contributed by atoms with Crippen LogP contribution in [-0.4, -0.2) is 104 Å². The molecular weight excluding hydrogens is 331 g/mol. The Hall–Kier alpha value is -0.604. The van der Waals surface area contributed by atoms with Gasteiger partial charge < -0.3 is 24.8 Å². The summed E-state index contributed by atoms with van der Waals surface area (Å²) in [4.78, 5) is 61.4. The number of carbonyl (C=O) groups excluding carboxylic acids is 4. The fourth-order valence-electron chi connectivity index (χ4n) is 0.957. The van der Waals surface area contributed by atoms with Gasteiger partial charge in [-0.15, -0.1) is 0 Å². The second-order valence-corrected chi connectivity index (χ2v) is 3.44. The maximum absolute atomic E-state index is 10.8. The Labute approximate surface area is 169 Å². The molecule has 22 heavy (non-hydrogen) atoms. The molecule has 0 aromatic rings. The molecule has 11 nitrogen and oxygen atoms in total. The number of hydrogen-bond donors (Lipinski definition) is 0. The number of hydroxylamine groups is 4. The van der Waals surface area contributed by atoms with E-state index in [4.69, 9.17) is 0 Å². The molecule has 0 bridgehead atoms. The van der Waals surface area contributed by atoms with Crippen molar-refractivity contribution in [1.82, 2.24) is 10.5 Å². The van der Waals surface area contributed by atoms with Crippen LogP contribution in [-0.2, 0) is 38.5 Å². The average molecular weight is 349 g/mol. The van der Waals surface area contributed by atoms with Crippen molar-refractivity contribution in [2.45, 2.75) is 27.7 Å². The first kappa shape index (κ1) is 26.3. The minimum atomic E-state index is -0.724. The van der Waals surface area contributed by atoms with Gasteiger partial charge in [-0.1, -0.05) is 0 Å². The smallest absolute Gasteiger partial charge is 0.326 e. The van der Waals surface area contributed by atoms with E-state index in [-0.39, 0.29) is 70.0 Å². The topological polar surface area (TPSA) is 143 Å². The van der Waals surface area contributed by atoms with Crippen molar-refractivity contribution in [3.8, 4) is 0 Å². The van der Waals surface area contributed by atoms with E-state index in [0.717, 1.165) is 27.7 Å². The zero-order chi connectivity index (χ0) is 15.7. The molecule has 2 N–H and O–H groups in total. The maximum atomic E-state index is 10.8. The zero-order valence-electron chi connectivity index (χ0n) is 13.1. The molecule has 123 valence electrons. The quantitative estimate of drug-likeness (QED) is 0.385. The summed E-state index contributed by atoms with van der Waals surface area (Å²) in [6.45, 7) is 3.97. The fourth-order valence-corrected chi connectivity index (χ4v) is 0.957. The number of nitrogens with zero attached hydrogens (tertiary/aromatic N) is 2. The Kier molecular flexibility index (Phi) is 16.8. The molecule has 0 aromatic carbocycles. The number of rotatable bonds is 7. The van der Waals surface area contributed by atoms with E-state index in [9.17, 15) is 19.2 Å². The van der Waals surface area contributed by atoms with Gasteiger partial charge in [0.1, 0.15) is 0 Å². The molecule has 0 aliphatic rings. The predicted octanol–water partition coefficient (Wildman–Crippen LogP) is -1.70. The van der Waals surface area contributed by atoms with Gasteiger partial charge in [-0.3, -0.25) is 19.2 Å². The molecule has 0 atom stereocenters. The van der Waals surface area contributed by atoms with Gasteiger partial charge in [0.15, 0.2) is 0 Å².